The van der Waals surface area contributed by atoms with E-state index in [0.29, 0.717) is 16.5 Å². The van der Waals surface area contributed by atoms with Gasteiger partial charge < -0.3 is 10.1 Å². The summed E-state index contributed by atoms with van der Waals surface area (Å²) in [6.07, 6.45) is 1.52. The lowest BCUT2D eigenvalue weighted by Crippen LogP contribution is -2.44. The van der Waals surface area contributed by atoms with Crippen LogP contribution in [0.15, 0.2) is 36.4 Å². The van der Waals surface area contributed by atoms with Crippen LogP contribution in [0.25, 0.3) is 0 Å². The smallest absolute Gasteiger partial charge is 0.326 e. The number of carbonyl (C=O) groups is 1. The molecule has 6 heteroatoms. The average molecular weight is 349 g/mol. The quantitative estimate of drug-likeness (QED) is 0.842. The third-order valence-electron chi connectivity index (χ3n) is 4.20. The number of ether oxygens (including phenoxy) is 1. The Morgan fingerprint density at radius 2 is 2.12 bits per heavy atom. The minimum Gasteiger partial charge on any atom is -0.495 e. The zero-order valence-electron chi connectivity index (χ0n) is 13.5. The zero-order chi connectivity index (χ0) is 17.3. The summed E-state index contributed by atoms with van der Waals surface area (Å²) in [5.74, 6) is 0.233. The van der Waals surface area contributed by atoms with Gasteiger partial charge in [-0.2, -0.15) is 0 Å². The number of anilines is 2. The van der Waals surface area contributed by atoms with Crippen LogP contribution < -0.4 is 15.0 Å². The van der Waals surface area contributed by atoms with E-state index in [9.17, 15) is 9.18 Å². The van der Waals surface area contributed by atoms with Crippen molar-refractivity contribution < 1.29 is 13.9 Å². The first-order valence-corrected chi connectivity index (χ1v) is 8.09. The highest BCUT2D eigenvalue weighted by molar-refractivity contribution is 6.31. The Morgan fingerprint density at radius 3 is 2.88 bits per heavy atom. The Balaban J connectivity index is 1.92. The van der Waals surface area contributed by atoms with Crippen molar-refractivity contribution in [2.75, 3.05) is 17.3 Å². The van der Waals surface area contributed by atoms with Crippen LogP contribution in [0.5, 0.6) is 5.75 Å². The van der Waals surface area contributed by atoms with E-state index in [4.69, 9.17) is 16.3 Å². The predicted octanol–water partition coefficient (Wildman–Crippen LogP) is 4.86. The SMILES string of the molecule is COc1ccc(Cl)cc1NC(=O)N1c2ccc(F)cc2CC[C@@H]1C. The molecule has 4 nitrogen and oxygen atoms in total. The third-order valence-corrected chi connectivity index (χ3v) is 4.43. The highest BCUT2D eigenvalue weighted by Gasteiger charge is 2.29. The molecule has 0 saturated heterocycles. The number of urea groups is 1. The van der Waals surface area contributed by atoms with Crippen molar-refractivity contribution in [2.45, 2.75) is 25.8 Å². The highest BCUT2D eigenvalue weighted by Crippen LogP contribution is 2.33. The molecule has 0 unspecified atom stereocenters. The summed E-state index contributed by atoms with van der Waals surface area (Å²) in [5, 5.41) is 3.34. The summed E-state index contributed by atoms with van der Waals surface area (Å²) in [7, 11) is 1.53. The van der Waals surface area contributed by atoms with Crippen LogP contribution in [0.2, 0.25) is 5.02 Å². The number of fused-ring (bicyclic) bond motifs is 1. The Bertz CT molecular complexity index is 782. The predicted molar refractivity (Wildman–Crippen MR) is 93.7 cm³/mol. The summed E-state index contributed by atoms with van der Waals surface area (Å²) >= 11 is 6.01. The lowest BCUT2D eigenvalue weighted by atomic mass is 9.97. The number of rotatable bonds is 2. The number of benzene rings is 2. The van der Waals surface area contributed by atoms with E-state index in [1.807, 2.05) is 6.92 Å². The summed E-state index contributed by atoms with van der Waals surface area (Å²) in [5.41, 5.74) is 2.06. The third kappa shape index (κ3) is 3.17. The maximum absolute atomic E-state index is 13.5. The summed E-state index contributed by atoms with van der Waals surface area (Å²) in [6.45, 7) is 1.97. The largest absolute Gasteiger partial charge is 0.495 e. The molecule has 1 aliphatic rings. The van der Waals surface area contributed by atoms with Gasteiger partial charge in [0.25, 0.3) is 0 Å². The molecule has 0 fully saturated rings. The summed E-state index contributed by atoms with van der Waals surface area (Å²) < 4.78 is 18.7. The number of nitrogens with zero attached hydrogens (tertiary/aromatic N) is 1. The van der Waals surface area contributed by atoms with E-state index in [0.717, 1.165) is 24.1 Å². The number of hydrogen-bond acceptors (Lipinski definition) is 2. The number of carbonyl (C=O) groups excluding carboxylic acids is 1. The number of amides is 2. The fourth-order valence-electron chi connectivity index (χ4n) is 2.98. The molecule has 1 heterocycles. The number of hydrogen-bond donors (Lipinski definition) is 1. The fourth-order valence-corrected chi connectivity index (χ4v) is 3.16. The molecular formula is C18H18ClFN2O2. The second-order valence-corrected chi connectivity index (χ2v) is 6.24. The Hall–Kier alpha value is -2.27. The molecule has 1 atom stereocenters. The van der Waals surface area contributed by atoms with Crippen LogP contribution in [0.3, 0.4) is 0 Å². The maximum atomic E-state index is 13.5. The van der Waals surface area contributed by atoms with Crippen molar-refractivity contribution in [2.24, 2.45) is 0 Å². The summed E-state index contributed by atoms with van der Waals surface area (Å²) in [4.78, 5) is 14.5. The van der Waals surface area contributed by atoms with Crippen molar-refractivity contribution in [1.29, 1.82) is 0 Å². The topological polar surface area (TPSA) is 41.6 Å². The molecule has 3 rings (SSSR count). The van der Waals surface area contributed by atoms with Gasteiger partial charge in [0.05, 0.1) is 12.8 Å². The van der Waals surface area contributed by atoms with Gasteiger partial charge in [-0.1, -0.05) is 11.6 Å². The number of methoxy groups -OCH3 is 1. The number of nitrogens with one attached hydrogen (secondary N) is 1. The number of halogens is 2. The maximum Gasteiger partial charge on any atom is 0.326 e. The Labute approximate surface area is 145 Å². The van der Waals surface area contributed by atoms with Crippen molar-refractivity contribution in [3.63, 3.8) is 0 Å². The second-order valence-electron chi connectivity index (χ2n) is 5.81. The van der Waals surface area contributed by atoms with Gasteiger partial charge in [-0.3, -0.25) is 4.90 Å². The molecule has 0 aromatic heterocycles. The van der Waals surface area contributed by atoms with Gasteiger partial charge in [-0.25, -0.2) is 9.18 Å². The summed E-state index contributed by atoms with van der Waals surface area (Å²) in [6, 6.07) is 9.24. The number of aryl methyl sites for hydroxylation is 1. The minimum absolute atomic E-state index is 0.00754. The monoisotopic (exact) mass is 348 g/mol. The van der Waals surface area contributed by atoms with Gasteiger partial charge in [-0.05, 0) is 61.7 Å². The zero-order valence-corrected chi connectivity index (χ0v) is 14.2. The first kappa shape index (κ1) is 16.6. The highest BCUT2D eigenvalue weighted by atomic mass is 35.5. The van der Waals surface area contributed by atoms with Gasteiger partial charge in [-0.15, -0.1) is 0 Å². The van der Waals surface area contributed by atoms with E-state index < -0.39 is 0 Å². The fraction of sp³-hybridized carbons (Fsp3) is 0.278. The van der Waals surface area contributed by atoms with Crippen molar-refractivity contribution in [3.8, 4) is 5.75 Å². The average Bonchev–Trinajstić information content (AvgIpc) is 2.55. The Kier molecular flexibility index (Phi) is 4.62. The van der Waals surface area contributed by atoms with E-state index in [-0.39, 0.29) is 17.9 Å². The molecule has 0 saturated carbocycles. The molecule has 0 radical (unpaired) electrons. The van der Waals surface area contributed by atoms with E-state index in [1.54, 1.807) is 29.2 Å². The van der Waals surface area contributed by atoms with Gasteiger partial charge in [0.15, 0.2) is 0 Å². The van der Waals surface area contributed by atoms with Crippen molar-refractivity contribution >= 4 is 29.0 Å². The normalized spacial score (nSPS) is 16.5. The first-order chi connectivity index (χ1) is 11.5. The van der Waals surface area contributed by atoms with Crippen molar-refractivity contribution in [3.05, 3.63) is 52.8 Å². The van der Waals surface area contributed by atoms with Crippen LogP contribution in [-0.2, 0) is 6.42 Å². The lowest BCUT2D eigenvalue weighted by molar-refractivity contribution is 0.254. The van der Waals surface area contributed by atoms with Crippen LogP contribution >= 0.6 is 11.6 Å². The molecule has 2 aromatic rings. The van der Waals surface area contributed by atoms with E-state index >= 15 is 0 Å². The van der Waals surface area contributed by atoms with Crippen LogP contribution in [0.1, 0.15) is 18.9 Å². The molecule has 0 bridgehead atoms. The minimum atomic E-state index is -0.296. The molecule has 2 amide bonds. The van der Waals surface area contributed by atoms with Gasteiger partial charge >= 0.3 is 6.03 Å². The molecule has 1 N–H and O–H groups in total. The standard InChI is InChI=1S/C18H18ClFN2O2/c1-11-3-4-12-9-14(20)6-7-16(12)22(11)18(23)21-15-10-13(19)5-8-17(15)24-2/h5-11H,3-4H2,1-2H3,(H,21,23)/t11-/m0/s1. The van der Waals surface area contributed by atoms with Gasteiger partial charge in [0, 0.05) is 16.8 Å². The van der Waals surface area contributed by atoms with E-state index in [2.05, 4.69) is 5.32 Å². The lowest BCUT2D eigenvalue weighted by Gasteiger charge is -2.35. The van der Waals surface area contributed by atoms with Crippen LogP contribution in [0.4, 0.5) is 20.6 Å². The Morgan fingerprint density at radius 1 is 1.33 bits per heavy atom. The van der Waals surface area contributed by atoms with Crippen molar-refractivity contribution in [1.82, 2.24) is 0 Å². The van der Waals surface area contributed by atoms with Gasteiger partial charge in [0.1, 0.15) is 11.6 Å². The van der Waals surface area contributed by atoms with E-state index in [1.165, 1.54) is 19.2 Å². The molecule has 0 aliphatic carbocycles. The van der Waals surface area contributed by atoms with Crippen LogP contribution in [-0.4, -0.2) is 19.2 Å². The van der Waals surface area contributed by atoms with Crippen LogP contribution in [0, 0.1) is 5.82 Å². The first-order valence-electron chi connectivity index (χ1n) is 7.72. The molecule has 24 heavy (non-hydrogen) atoms. The molecule has 126 valence electrons. The molecule has 0 spiro atoms. The second kappa shape index (κ2) is 6.69. The molecule has 2 aromatic carbocycles. The molecular weight excluding hydrogens is 331 g/mol. The molecule has 1 aliphatic heterocycles. The van der Waals surface area contributed by atoms with Gasteiger partial charge in [0.2, 0.25) is 0 Å².